The molecule has 0 spiro atoms. The van der Waals surface area contributed by atoms with Gasteiger partial charge in [-0.3, -0.25) is 4.90 Å². The van der Waals surface area contributed by atoms with E-state index in [0.29, 0.717) is 12.2 Å². The zero-order valence-electron chi connectivity index (χ0n) is 20.9. The molecule has 9 nitrogen and oxygen atoms in total. The highest BCUT2D eigenvalue weighted by molar-refractivity contribution is 6.18. The Morgan fingerprint density at radius 2 is 1.55 bits per heavy atom. The summed E-state index contributed by atoms with van der Waals surface area (Å²) in [5.74, 6) is -1.59. The van der Waals surface area contributed by atoms with Crippen LogP contribution in [0.25, 0.3) is 0 Å². The molecule has 2 aliphatic rings. The van der Waals surface area contributed by atoms with Gasteiger partial charge >= 0.3 is 11.9 Å². The Bertz CT molecular complexity index is 1290. The fraction of sp³-hybridized carbons (Fsp3) is 0.241. The van der Waals surface area contributed by atoms with Crippen LogP contribution in [0, 0.1) is 0 Å². The van der Waals surface area contributed by atoms with Crippen LogP contribution < -0.4 is 4.90 Å². The van der Waals surface area contributed by atoms with E-state index in [1.54, 1.807) is 0 Å². The van der Waals surface area contributed by atoms with Crippen molar-refractivity contribution < 1.29 is 24.5 Å². The SMILES string of the molecule is O=C(O)/C=C/C(=O)O.c1ccc(C2=Nc3cccnc3N(CCCN3CCOCC3)c3ccccc32)cc1. The first-order chi connectivity index (χ1) is 18.5. The van der Waals surface area contributed by atoms with Gasteiger partial charge in [0.1, 0.15) is 5.69 Å². The van der Waals surface area contributed by atoms with Crippen LogP contribution in [0.2, 0.25) is 0 Å². The molecular formula is C29H30N4O5. The summed E-state index contributed by atoms with van der Waals surface area (Å²) in [5, 5.41) is 15.6. The standard InChI is InChI=1S/C25H26N4O.C4H4O4/c1-2-8-20(9-3-1)24-21-10-4-5-12-23(21)29(25-22(27-24)11-6-13-26-25)15-7-14-28-16-18-30-19-17-28;5-3(6)1-2-4(7)8/h1-6,8-13H,7,14-19H2;1-2H,(H,5,6)(H,7,8)/b;2-1+. The summed E-state index contributed by atoms with van der Waals surface area (Å²) >= 11 is 0. The number of aliphatic imine (C=N–C) groups is 1. The molecule has 1 saturated heterocycles. The zero-order chi connectivity index (χ0) is 26.7. The summed E-state index contributed by atoms with van der Waals surface area (Å²) in [6.07, 6.45) is 4.04. The Morgan fingerprint density at radius 3 is 2.26 bits per heavy atom. The second kappa shape index (κ2) is 13.3. The number of morpholine rings is 1. The van der Waals surface area contributed by atoms with Gasteiger partial charge in [-0.2, -0.15) is 0 Å². The van der Waals surface area contributed by atoms with Gasteiger partial charge in [0.2, 0.25) is 0 Å². The Kier molecular flexibility index (Phi) is 9.33. The average molecular weight is 515 g/mol. The van der Waals surface area contributed by atoms with Crippen LogP contribution in [-0.2, 0) is 14.3 Å². The van der Waals surface area contributed by atoms with Crippen LogP contribution in [0.1, 0.15) is 17.5 Å². The molecule has 0 aliphatic carbocycles. The van der Waals surface area contributed by atoms with Crippen LogP contribution in [0.5, 0.6) is 0 Å². The number of aliphatic carboxylic acids is 2. The number of ether oxygens (including phenoxy) is 1. The third kappa shape index (κ3) is 7.12. The quantitative estimate of drug-likeness (QED) is 0.452. The predicted molar refractivity (Wildman–Crippen MR) is 146 cm³/mol. The van der Waals surface area contributed by atoms with Crippen LogP contribution in [0.3, 0.4) is 0 Å². The summed E-state index contributed by atoms with van der Waals surface area (Å²) < 4.78 is 5.48. The van der Waals surface area contributed by atoms with Crippen LogP contribution in [0.15, 0.2) is 90.1 Å². The van der Waals surface area contributed by atoms with Crippen LogP contribution in [-0.4, -0.2) is 77.1 Å². The van der Waals surface area contributed by atoms with Gasteiger partial charge in [-0.25, -0.2) is 19.6 Å². The van der Waals surface area contributed by atoms with Crippen molar-refractivity contribution in [1.82, 2.24) is 9.88 Å². The number of anilines is 2. The topological polar surface area (TPSA) is 116 Å². The average Bonchev–Trinajstić information content (AvgIpc) is 3.08. The van der Waals surface area contributed by atoms with Crippen molar-refractivity contribution in [3.05, 3.63) is 96.2 Å². The van der Waals surface area contributed by atoms with E-state index >= 15 is 0 Å². The van der Waals surface area contributed by atoms with E-state index in [0.717, 1.165) is 74.2 Å². The van der Waals surface area contributed by atoms with Gasteiger partial charge in [0, 0.05) is 55.7 Å². The van der Waals surface area contributed by atoms with E-state index in [2.05, 4.69) is 64.4 Å². The van der Waals surface area contributed by atoms with Gasteiger partial charge in [-0.05, 0) is 24.6 Å². The number of pyridine rings is 1. The lowest BCUT2D eigenvalue weighted by molar-refractivity contribution is -0.134. The molecule has 38 heavy (non-hydrogen) atoms. The van der Waals surface area contributed by atoms with Gasteiger partial charge in [0.25, 0.3) is 0 Å². The van der Waals surface area contributed by atoms with Gasteiger partial charge in [-0.1, -0.05) is 48.5 Å². The summed E-state index contributed by atoms with van der Waals surface area (Å²) in [7, 11) is 0. The molecule has 0 saturated carbocycles. The van der Waals surface area contributed by atoms with E-state index < -0.39 is 11.9 Å². The van der Waals surface area contributed by atoms with E-state index in [1.165, 1.54) is 5.69 Å². The summed E-state index contributed by atoms with van der Waals surface area (Å²) in [6, 6.07) is 23.0. The predicted octanol–water partition coefficient (Wildman–Crippen LogP) is 4.14. The maximum Gasteiger partial charge on any atom is 0.328 e. The monoisotopic (exact) mass is 514 g/mol. The van der Waals surface area contributed by atoms with Crippen molar-refractivity contribution in [2.45, 2.75) is 6.42 Å². The molecule has 9 heteroatoms. The smallest absolute Gasteiger partial charge is 0.328 e. The Labute approximate surface area is 221 Å². The molecule has 2 aliphatic heterocycles. The number of aromatic nitrogens is 1. The van der Waals surface area contributed by atoms with Crippen molar-refractivity contribution in [2.75, 3.05) is 44.3 Å². The molecule has 3 aromatic rings. The number of para-hydroxylation sites is 1. The molecule has 196 valence electrons. The molecule has 0 atom stereocenters. The van der Waals surface area contributed by atoms with E-state index in [4.69, 9.17) is 24.9 Å². The minimum Gasteiger partial charge on any atom is -0.478 e. The first-order valence-corrected chi connectivity index (χ1v) is 12.4. The van der Waals surface area contributed by atoms with E-state index in [1.807, 2.05) is 18.3 Å². The van der Waals surface area contributed by atoms with Gasteiger partial charge in [0.05, 0.1) is 24.6 Å². The summed E-state index contributed by atoms with van der Waals surface area (Å²) in [6.45, 7) is 5.68. The molecule has 1 aromatic heterocycles. The second-order valence-electron chi connectivity index (χ2n) is 8.66. The minimum atomic E-state index is -1.26. The number of hydrogen-bond acceptors (Lipinski definition) is 7. The van der Waals surface area contributed by atoms with E-state index in [-0.39, 0.29) is 0 Å². The minimum absolute atomic E-state index is 0.558. The van der Waals surface area contributed by atoms with E-state index in [9.17, 15) is 9.59 Å². The first-order valence-electron chi connectivity index (χ1n) is 12.4. The highest BCUT2D eigenvalue weighted by Gasteiger charge is 2.24. The molecule has 0 unspecified atom stereocenters. The van der Waals surface area contributed by atoms with Crippen molar-refractivity contribution in [2.24, 2.45) is 4.99 Å². The number of nitrogens with zero attached hydrogens (tertiary/aromatic N) is 4. The highest BCUT2D eigenvalue weighted by atomic mass is 16.5. The maximum atomic E-state index is 9.55. The summed E-state index contributed by atoms with van der Waals surface area (Å²) in [5.41, 5.74) is 5.34. The number of carbonyl (C=O) groups is 2. The second-order valence-corrected chi connectivity index (χ2v) is 8.66. The molecule has 0 amide bonds. The van der Waals surface area contributed by atoms with Crippen LogP contribution >= 0.6 is 0 Å². The van der Waals surface area contributed by atoms with Gasteiger partial charge < -0.3 is 19.8 Å². The number of rotatable bonds is 7. The summed E-state index contributed by atoms with van der Waals surface area (Å²) in [4.78, 5) is 33.8. The normalized spacial score (nSPS) is 14.9. The number of benzene rings is 2. The number of carboxylic acids is 2. The van der Waals surface area contributed by atoms with Gasteiger partial charge in [0.15, 0.2) is 5.82 Å². The molecule has 0 radical (unpaired) electrons. The van der Waals surface area contributed by atoms with Crippen LogP contribution in [0.4, 0.5) is 17.2 Å². The maximum absolute atomic E-state index is 9.55. The number of fused-ring (bicyclic) bond motifs is 2. The van der Waals surface area contributed by atoms with Crippen molar-refractivity contribution in [3.8, 4) is 0 Å². The van der Waals surface area contributed by atoms with Crippen molar-refractivity contribution >= 4 is 34.8 Å². The third-order valence-corrected chi connectivity index (χ3v) is 6.08. The number of carboxylic acid groups (broad SMARTS) is 2. The molecule has 5 rings (SSSR count). The fourth-order valence-electron chi connectivity index (χ4n) is 4.35. The molecule has 0 bridgehead atoms. The third-order valence-electron chi connectivity index (χ3n) is 6.08. The Morgan fingerprint density at radius 1 is 0.868 bits per heavy atom. The Hall–Kier alpha value is -4.34. The molecular weight excluding hydrogens is 484 g/mol. The zero-order valence-corrected chi connectivity index (χ0v) is 20.9. The lowest BCUT2D eigenvalue weighted by Crippen LogP contribution is -2.38. The first kappa shape index (κ1) is 26.7. The number of hydrogen-bond donors (Lipinski definition) is 2. The molecule has 1 fully saturated rings. The molecule has 2 aromatic carbocycles. The van der Waals surface area contributed by atoms with Gasteiger partial charge in [-0.15, -0.1) is 0 Å². The lowest BCUT2D eigenvalue weighted by atomic mass is 10.00. The highest BCUT2D eigenvalue weighted by Crippen LogP contribution is 2.39. The lowest BCUT2D eigenvalue weighted by Gasteiger charge is -2.29. The largest absolute Gasteiger partial charge is 0.478 e. The Balaban J connectivity index is 0.000000368. The fourth-order valence-corrected chi connectivity index (χ4v) is 4.35. The van der Waals surface area contributed by atoms with Crippen molar-refractivity contribution in [1.29, 1.82) is 0 Å². The molecule has 3 heterocycles. The molecule has 2 N–H and O–H groups in total. The van der Waals surface area contributed by atoms with Crippen molar-refractivity contribution in [3.63, 3.8) is 0 Å².